The van der Waals surface area contributed by atoms with Gasteiger partial charge in [-0.3, -0.25) is 9.59 Å². The summed E-state index contributed by atoms with van der Waals surface area (Å²) in [5.74, 6) is 0.712. The average Bonchev–Trinajstić information content (AvgIpc) is 3.34. The van der Waals surface area contributed by atoms with Crippen molar-refractivity contribution in [3.63, 3.8) is 0 Å². The highest BCUT2D eigenvalue weighted by Gasteiger charge is 2.37. The number of methoxy groups -OCH3 is 1. The molecule has 1 fully saturated rings. The van der Waals surface area contributed by atoms with E-state index in [1.54, 1.807) is 38.4 Å². The zero-order valence-corrected chi connectivity index (χ0v) is 18.8. The Morgan fingerprint density at radius 3 is 2.52 bits per heavy atom. The van der Waals surface area contributed by atoms with Gasteiger partial charge in [0.25, 0.3) is 5.56 Å². The summed E-state index contributed by atoms with van der Waals surface area (Å²) >= 11 is 1.55. The van der Waals surface area contributed by atoms with Crippen LogP contribution in [0.1, 0.15) is 13.8 Å². The number of rotatable bonds is 5. The molecule has 0 bridgehead atoms. The van der Waals surface area contributed by atoms with E-state index >= 15 is 0 Å². The second-order valence-corrected chi connectivity index (χ2v) is 8.93. The van der Waals surface area contributed by atoms with Crippen molar-refractivity contribution in [2.24, 2.45) is 0 Å². The standard InChI is InChI=1S/C23H26N4O3S/c1-23(2,27-21(28)10-9-19(24-27)20-8-5-15-31-20)22(29)26-13-11-25(12-14-26)17-6-4-7-18(16-17)30-3/h4-10,15-16H,11-14H2,1-3H3. The van der Waals surface area contributed by atoms with Crippen molar-refractivity contribution in [2.75, 3.05) is 38.2 Å². The van der Waals surface area contributed by atoms with Gasteiger partial charge in [-0.05, 0) is 43.5 Å². The Kier molecular flexibility index (Phi) is 5.82. The maximum atomic E-state index is 13.4. The molecule has 8 heteroatoms. The van der Waals surface area contributed by atoms with E-state index in [0.29, 0.717) is 31.9 Å². The summed E-state index contributed by atoms with van der Waals surface area (Å²) < 4.78 is 6.63. The molecule has 0 unspecified atom stereocenters. The van der Waals surface area contributed by atoms with E-state index in [1.165, 1.54) is 10.7 Å². The molecule has 3 aromatic rings. The van der Waals surface area contributed by atoms with E-state index in [9.17, 15) is 9.59 Å². The highest BCUT2D eigenvalue weighted by Crippen LogP contribution is 2.25. The summed E-state index contributed by atoms with van der Waals surface area (Å²) in [5, 5.41) is 6.49. The fourth-order valence-electron chi connectivity index (χ4n) is 3.82. The molecule has 1 saturated heterocycles. The number of piperazine rings is 1. The third-order valence-corrected chi connectivity index (χ3v) is 6.50. The number of hydrogen-bond donors (Lipinski definition) is 0. The molecule has 3 heterocycles. The van der Waals surface area contributed by atoms with Crippen LogP contribution in [0.25, 0.3) is 10.6 Å². The van der Waals surface area contributed by atoms with E-state index in [2.05, 4.69) is 10.00 Å². The Labute approximate surface area is 185 Å². The van der Waals surface area contributed by atoms with E-state index in [-0.39, 0.29) is 11.5 Å². The fraction of sp³-hybridized carbons (Fsp3) is 0.348. The van der Waals surface area contributed by atoms with Gasteiger partial charge < -0.3 is 14.5 Å². The molecular formula is C23H26N4O3S. The Hall–Kier alpha value is -3.13. The van der Waals surface area contributed by atoms with Crippen molar-refractivity contribution in [1.82, 2.24) is 14.7 Å². The number of carbonyl (C=O) groups excluding carboxylic acids is 1. The Balaban J connectivity index is 1.51. The molecule has 1 aromatic carbocycles. The topological polar surface area (TPSA) is 67.7 Å². The molecule has 0 atom stereocenters. The second kappa shape index (κ2) is 8.55. The highest BCUT2D eigenvalue weighted by atomic mass is 32.1. The summed E-state index contributed by atoms with van der Waals surface area (Å²) in [6.45, 7) is 6.11. The van der Waals surface area contributed by atoms with Crippen molar-refractivity contribution < 1.29 is 9.53 Å². The van der Waals surface area contributed by atoms with Crippen LogP contribution < -0.4 is 15.2 Å². The van der Waals surface area contributed by atoms with E-state index < -0.39 is 5.54 Å². The second-order valence-electron chi connectivity index (χ2n) is 7.99. The number of thiophene rings is 1. The molecule has 162 valence electrons. The summed E-state index contributed by atoms with van der Waals surface area (Å²) in [4.78, 5) is 31.0. The minimum absolute atomic E-state index is 0.101. The number of amides is 1. The van der Waals surface area contributed by atoms with Crippen LogP contribution in [0.5, 0.6) is 5.75 Å². The van der Waals surface area contributed by atoms with Crippen molar-refractivity contribution in [1.29, 1.82) is 0 Å². The van der Waals surface area contributed by atoms with Gasteiger partial charge >= 0.3 is 0 Å². The summed E-state index contributed by atoms with van der Waals surface area (Å²) in [7, 11) is 1.65. The minimum atomic E-state index is -1.08. The van der Waals surface area contributed by atoms with Crippen molar-refractivity contribution >= 4 is 22.9 Å². The van der Waals surface area contributed by atoms with Crippen molar-refractivity contribution in [3.8, 4) is 16.3 Å². The first-order chi connectivity index (χ1) is 14.9. The number of nitrogens with zero attached hydrogens (tertiary/aromatic N) is 4. The molecule has 31 heavy (non-hydrogen) atoms. The first-order valence-electron chi connectivity index (χ1n) is 10.2. The van der Waals surface area contributed by atoms with Crippen LogP contribution >= 0.6 is 11.3 Å². The maximum absolute atomic E-state index is 13.4. The quantitative estimate of drug-likeness (QED) is 0.613. The van der Waals surface area contributed by atoms with Crippen LogP contribution in [0.4, 0.5) is 5.69 Å². The lowest BCUT2D eigenvalue weighted by molar-refractivity contribution is -0.140. The van der Waals surface area contributed by atoms with Gasteiger partial charge in [0.2, 0.25) is 5.91 Å². The van der Waals surface area contributed by atoms with E-state index in [1.807, 2.05) is 46.7 Å². The third-order valence-electron chi connectivity index (χ3n) is 5.61. The molecule has 1 aliphatic rings. The lowest BCUT2D eigenvalue weighted by Gasteiger charge is -2.39. The van der Waals surface area contributed by atoms with Gasteiger partial charge in [0.05, 0.1) is 12.0 Å². The molecule has 1 amide bonds. The van der Waals surface area contributed by atoms with Crippen LogP contribution in [-0.2, 0) is 10.3 Å². The van der Waals surface area contributed by atoms with Gasteiger partial charge in [-0.2, -0.15) is 5.10 Å². The molecule has 7 nitrogen and oxygen atoms in total. The maximum Gasteiger partial charge on any atom is 0.267 e. The lowest BCUT2D eigenvalue weighted by Crippen LogP contribution is -2.56. The molecule has 0 N–H and O–H groups in total. The summed E-state index contributed by atoms with van der Waals surface area (Å²) in [6.07, 6.45) is 0. The molecular weight excluding hydrogens is 412 g/mol. The summed E-state index contributed by atoms with van der Waals surface area (Å²) in [5.41, 5.74) is 0.405. The van der Waals surface area contributed by atoms with Crippen LogP contribution in [-0.4, -0.2) is 53.9 Å². The zero-order chi connectivity index (χ0) is 22.0. The van der Waals surface area contributed by atoms with Crippen LogP contribution in [0.2, 0.25) is 0 Å². The largest absolute Gasteiger partial charge is 0.497 e. The molecule has 0 aliphatic carbocycles. The van der Waals surface area contributed by atoms with Crippen LogP contribution in [0, 0.1) is 0 Å². The van der Waals surface area contributed by atoms with E-state index in [4.69, 9.17) is 4.74 Å². The molecule has 4 rings (SSSR count). The fourth-order valence-corrected chi connectivity index (χ4v) is 4.51. The van der Waals surface area contributed by atoms with Gasteiger partial charge in [0.15, 0.2) is 0 Å². The number of carbonyl (C=O) groups is 1. The lowest BCUT2D eigenvalue weighted by atomic mass is 10.0. The number of ether oxygens (including phenoxy) is 1. The molecule has 0 radical (unpaired) electrons. The van der Waals surface area contributed by atoms with Crippen molar-refractivity contribution in [2.45, 2.75) is 19.4 Å². The number of aromatic nitrogens is 2. The normalized spacial score (nSPS) is 14.5. The van der Waals surface area contributed by atoms with Gasteiger partial charge in [-0.25, -0.2) is 4.68 Å². The number of hydrogen-bond acceptors (Lipinski definition) is 6. The first-order valence-corrected chi connectivity index (χ1v) is 11.1. The smallest absolute Gasteiger partial charge is 0.267 e. The molecule has 0 spiro atoms. The Morgan fingerprint density at radius 2 is 1.84 bits per heavy atom. The number of benzene rings is 1. The Morgan fingerprint density at radius 1 is 1.06 bits per heavy atom. The minimum Gasteiger partial charge on any atom is -0.497 e. The van der Waals surface area contributed by atoms with E-state index in [0.717, 1.165) is 16.3 Å². The van der Waals surface area contributed by atoms with Crippen LogP contribution in [0.3, 0.4) is 0 Å². The van der Waals surface area contributed by atoms with Gasteiger partial charge in [0, 0.05) is 44.0 Å². The first kappa shape index (κ1) is 21.1. The highest BCUT2D eigenvalue weighted by molar-refractivity contribution is 7.13. The molecule has 1 aliphatic heterocycles. The third kappa shape index (κ3) is 4.20. The van der Waals surface area contributed by atoms with Crippen LogP contribution in [0.15, 0.2) is 58.7 Å². The summed E-state index contributed by atoms with van der Waals surface area (Å²) in [6, 6.07) is 15.0. The van der Waals surface area contributed by atoms with Gasteiger partial charge in [-0.15, -0.1) is 11.3 Å². The molecule has 0 saturated carbocycles. The zero-order valence-electron chi connectivity index (χ0n) is 17.9. The monoisotopic (exact) mass is 438 g/mol. The van der Waals surface area contributed by atoms with Gasteiger partial charge in [-0.1, -0.05) is 12.1 Å². The van der Waals surface area contributed by atoms with Gasteiger partial charge in [0.1, 0.15) is 17.0 Å². The SMILES string of the molecule is COc1cccc(N2CCN(C(=O)C(C)(C)n3nc(-c4cccs4)ccc3=O)CC2)c1. The average molecular weight is 439 g/mol. The molecule has 2 aromatic heterocycles. The number of anilines is 1. The predicted molar refractivity (Wildman–Crippen MR) is 123 cm³/mol. The Bertz CT molecular complexity index is 1120. The van der Waals surface area contributed by atoms with Crippen molar-refractivity contribution in [3.05, 3.63) is 64.3 Å². The predicted octanol–water partition coefficient (Wildman–Crippen LogP) is 3.06.